The van der Waals surface area contributed by atoms with E-state index < -0.39 is 10.0 Å². The van der Waals surface area contributed by atoms with Gasteiger partial charge >= 0.3 is 0 Å². The molecule has 2 rings (SSSR count). The summed E-state index contributed by atoms with van der Waals surface area (Å²) in [6.07, 6.45) is 2.99. The minimum Gasteiger partial charge on any atom is -0.332 e. The van der Waals surface area contributed by atoms with Crippen LogP contribution in [-0.2, 0) is 10.0 Å². The van der Waals surface area contributed by atoms with Crippen LogP contribution in [-0.4, -0.2) is 41.8 Å². The molecule has 18 heavy (non-hydrogen) atoms. The van der Waals surface area contributed by atoms with Gasteiger partial charge in [-0.25, -0.2) is 13.4 Å². The Hall–Kier alpha value is -0.920. The molecule has 1 aliphatic rings. The smallest absolute Gasteiger partial charge is 0.260 e. The summed E-state index contributed by atoms with van der Waals surface area (Å²) in [5, 5.41) is 0.172. The third-order valence-corrected chi connectivity index (χ3v) is 5.35. The van der Waals surface area contributed by atoms with Crippen molar-refractivity contribution >= 4 is 10.0 Å². The van der Waals surface area contributed by atoms with E-state index in [4.69, 9.17) is 5.73 Å². The van der Waals surface area contributed by atoms with Crippen LogP contribution in [0.2, 0.25) is 0 Å². The van der Waals surface area contributed by atoms with Crippen molar-refractivity contribution < 1.29 is 8.42 Å². The van der Waals surface area contributed by atoms with E-state index >= 15 is 0 Å². The minimum atomic E-state index is -3.45. The van der Waals surface area contributed by atoms with Crippen LogP contribution in [0.15, 0.2) is 11.2 Å². The van der Waals surface area contributed by atoms with Crippen LogP contribution in [0.1, 0.15) is 25.6 Å². The number of aromatic nitrogens is 2. The lowest BCUT2D eigenvalue weighted by Gasteiger charge is -2.35. The summed E-state index contributed by atoms with van der Waals surface area (Å²) < 4.78 is 26.3. The Kier molecular flexibility index (Phi) is 3.74. The fourth-order valence-corrected chi connectivity index (χ4v) is 3.81. The van der Waals surface area contributed by atoms with E-state index in [1.54, 1.807) is 6.92 Å². The highest BCUT2D eigenvalue weighted by Gasteiger charge is 2.33. The Morgan fingerprint density at radius 1 is 1.61 bits per heavy atom. The first-order chi connectivity index (χ1) is 8.45. The summed E-state index contributed by atoms with van der Waals surface area (Å²) in [7, 11) is -3.45. The molecule has 2 atom stereocenters. The third-order valence-electron chi connectivity index (χ3n) is 3.58. The Labute approximate surface area is 108 Å². The molecule has 1 aliphatic heterocycles. The predicted octanol–water partition coefficient (Wildman–Crippen LogP) is 0.466. The van der Waals surface area contributed by atoms with Crippen molar-refractivity contribution in [2.45, 2.75) is 37.8 Å². The number of imidazole rings is 1. The summed E-state index contributed by atoms with van der Waals surface area (Å²) in [4.78, 5) is 6.73. The number of hydrogen-bond donors (Lipinski definition) is 2. The van der Waals surface area contributed by atoms with E-state index in [-0.39, 0.29) is 17.0 Å². The molecule has 0 aliphatic carbocycles. The summed E-state index contributed by atoms with van der Waals surface area (Å²) in [6.45, 7) is 4.76. The monoisotopic (exact) mass is 272 g/mol. The standard InChI is InChI=1S/C11H20N4O2S/c1-3-9-7-15(5-4-10(9)12)18(16,17)11-6-13-8(2)14-11/h6,9-10H,3-5,7,12H2,1-2H3,(H,13,14). The van der Waals surface area contributed by atoms with Gasteiger partial charge in [0.2, 0.25) is 0 Å². The summed E-state index contributed by atoms with van der Waals surface area (Å²) in [6, 6.07) is 0.102. The second-order valence-electron chi connectivity index (χ2n) is 4.82. The molecule has 1 aromatic rings. The molecule has 2 unspecified atom stereocenters. The number of nitrogens with one attached hydrogen (secondary N) is 1. The first kappa shape index (κ1) is 13.5. The highest BCUT2D eigenvalue weighted by Crippen LogP contribution is 2.23. The molecule has 1 aromatic heterocycles. The average molecular weight is 272 g/mol. The minimum absolute atomic E-state index is 0.102. The van der Waals surface area contributed by atoms with E-state index in [0.29, 0.717) is 25.3 Å². The largest absolute Gasteiger partial charge is 0.332 e. The molecule has 0 amide bonds. The molecule has 102 valence electrons. The average Bonchev–Trinajstić information content (AvgIpc) is 2.77. The number of nitrogens with zero attached hydrogens (tertiary/aromatic N) is 2. The van der Waals surface area contributed by atoms with Crippen LogP contribution in [0, 0.1) is 12.8 Å². The lowest BCUT2D eigenvalue weighted by molar-refractivity contribution is 0.230. The van der Waals surface area contributed by atoms with Crippen LogP contribution < -0.4 is 5.73 Å². The van der Waals surface area contributed by atoms with Gasteiger partial charge in [0.15, 0.2) is 5.03 Å². The van der Waals surface area contributed by atoms with Gasteiger partial charge in [0.05, 0.1) is 6.20 Å². The zero-order valence-electron chi connectivity index (χ0n) is 10.8. The summed E-state index contributed by atoms with van der Waals surface area (Å²) in [5.74, 6) is 0.840. The van der Waals surface area contributed by atoms with E-state index in [2.05, 4.69) is 9.97 Å². The predicted molar refractivity (Wildman–Crippen MR) is 68.5 cm³/mol. The van der Waals surface area contributed by atoms with Gasteiger partial charge in [0.1, 0.15) is 5.82 Å². The lowest BCUT2D eigenvalue weighted by Crippen LogP contribution is -2.48. The van der Waals surface area contributed by atoms with Gasteiger partial charge < -0.3 is 10.7 Å². The van der Waals surface area contributed by atoms with E-state index in [1.807, 2.05) is 6.92 Å². The Bertz CT molecular complexity index is 511. The number of H-pyrrole nitrogens is 1. The van der Waals surface area contributed by atoms with Crippen molar-refractivity contribution in [2.24, 2.45) is 11.7 Å². The molecule has 1 saturated heterocycles. The van der Waals surface area contributed by atoms with Crippen LogP contribution in [0.3, 0.4) is 0 Å². The molecule has 0 spiro atoms. The van der Waals surface area contributed by atoms with Crippen molar-refractivity contribution in [1.29, 1.82) is 0 Å². The number of aromatic amines is 1. The van der Waals surface area contributed by atoms with E-state index in [1.165, 1.54) is 10.5 Å². The molecule has 2 heterocycles. The Morgan fingerprint density at radius 2 is 2.33 bits per heavy atom. The molecule has 1 fully saturated rings. The number of nitrogens with two attached hydrogens (primary N) is 1. The second-order valence-corrected chi connectivity index (χ2v) is 6.72. The van der Waals surface area contributed by atoms with Gasteiger partial charge in [-0.3, -0.25) is 0 Å². The van der Waals surface area contributed by atoms with Crippen molar-refractivity contribution in [3.8, 4) is 0 Å². The van der Waals surface area contributed by atoms with Crippen molar-refractivity contribution in [2.75, 3.05) is 13.1 Å². The first-order valence-corrected chi connectivity index (χ1v) is 7.66. The molecule has 7 heteroatoms. The van der Waals surface area contributed by atoms with Gasteiger partial charge in [-0.2, -0.15) is 4.31 Å². The van der Waals surface area contributed by atoms with Gasteiger partial charge in [-0.05, 0) is 19.3 Å². The van der Waals surface area contributed by atoms with Gasteiger partial charge in [0, 0.05) is 19.1 Å². The fourth-order valence-electron chi connectivity index (χ4n) is 2.34. The van der Waals surface area contributed by atoms with E-state index in [9.17, 15) is 8.42 Å². The van der Waals surface area contributed by atoms with Gasteiger partial charge in [-0.15, -0.1) is 0 Å². The molecule has 6 nitrogen and oxygen atoms in total. The first-order valence-electron chi connectivity index (χ1n) is 6.22. The highest BCUT2D eigenvalue weighted by molar-refractivity contribution is 7.89. The number of hydrogen-bond acceptors (Lipinski definition) is 4. The molecule has 3 N–H and O–H groups in total. The normalized spacial score (nSPS) is 26.4. The SMILES string of the molecule is CCC1CN(S(=O)(=O)c2cnc(C)[nH]2)CCC1N. The third kappa shape index (κ3) is 2.43. The lowest BCUT2D eigenvalue weighted by atomic mass is 9.92. The van der Waals surface area contributed by atoms with Crippen molar-refractivity contribution in [1.82, 2.24) is 14.3 Å². The molecule has 0 aromatic carbocycles. The zero-order chi connectivity index (χ0) is 13.3. The maximum Gasteiger partial charge on any atom is 0.260 e. The Morgan fingerprint density at radius 3 is 2.89 bits per heavy atom. The molecular formula is C11H20N4O2S. The van der Waals surface area contributed by atoms with Crippen LogP contribution >= 0.6 is 0 Å². The summed E-state index contributed by atoms with van der Waals surface area (Å²) >= 11 is 0. The summed E-state index contributed by atoms with van der Waals surface area (Å²) in [5.41, 5.74) is 6.00. The van der Waals surface area contributed by atoms with Crippen LogP contribution in [0.25, 0.3) is 0 Å². The number of rotatable bonds is 3. The highest BCUT2D eigenvalue weighted by atomic mass is 32.2. The fraction of sp³-hybridized carbons (Fsp3) is 0.727. The van der Waals surface area contributed by atoms with Crippen molar-refractivity contribution in [3.63, 3.8) is 0 Å². The zero-order valence-corrected chi connectivity index (χ0v) is 11.6. The molecule has 0 bridgehead atoms. The number of piperidine rings is 1. The van der Waals surface area contributed by atoms with Crippen LogP contribution in [0.4, 0.5) is 0 Å². The van der Waals surface area contributed by atoms with Gasteiger partial charge in [-0.1, -0.05) is 13.3 Å². The van der Waals surface area contributed by atoms with E-state index in [0.717, 1.165) is 6.42 Å². The molecule has 0 radical (unpaired) electrons. The topological polar surface area (TPSA) is 92.1 Å². The maximum atomic E-state index is 12.4. The van der Waals surface area contributed by atoms with Crippen LogP contribution in [0.5, 0.6) is 0 Å². The second kappa shape index (κ2) is 4.99. The maximum absolute atomic E-state index is 12.4. The number of sulfonamides is 1. The quantitative estimate of drug-likeness (QED) is 0.836. The molecular weight excluding hydrogens is 252 g/mol. The molecule has 0 saturated carbocycles. The van der Waals surface area contributed by atoms with Crippen molar-refractivity contribution in [3.05, 3.63) is 12.0 Å². The Balaban J connectivity index is 2.21. The van der Waals surface area contributed by atoms with Gasteiger partial charge in [0.25, 0.3) is 10.0 Å². The number of aryl methyl sites for hydroxylation is 1.